The van der Waals surface area contributed by atoms with Gasteiger partial charge in [-0.15, -0.1) is 0 Å². The van der Waals surface area contributed by atoms with Gasteiger partial charge in [0.1, 0.15) is 0 Å². The zero-order valence-corrected chi connectivity index (χ0v) is 78.9. The topological polar surface area (TPSA) is 29.2 Å². The Morgan fingerprint density at radius 3 is 0.362 bits per heavy atom. The molecule has 9 fully saturated rings. The van der Waals surface area contributed by atoms with Crippen LogP contribution >= 0.6 is 0 Å². The van der Waals surface area contributed by atoms with Crippen LogP contribution in [0.25, 0.3) is 0 Å². The van der Waals surface area contributed by atoms with Crippen LogP contribution in [0.15, 0.2) is 0 Å². The van der Waals surface area contributed by atoms with Gasteiger partial charge in [-0.2, -0.15) is 0 Å². The van der Waals surface area contributed by atoms with Crippen molar-refractivity contribution in [1.82, 2.24) is 44.1 Å². The van der Waals surface area contributed by atoms with Crippen LogP contribution in [0.1, 0.15) is 346 Å². The van der Waals surface area contributed by atoms with Gasteiger partial charge in [0.25, 0.3) is 0 Å². The summed E-state index contributed by atoms with van der Waals surface area (Å²) in [6.45, 7) is 108. The first kappa shape index (κ1) is 103. The first-order valence-electron chi connectivity index (χ1n) is 46.6. The van der Waals surface area contributed by atoms with Gasteiger partial charge in [-0.05, 0) is 406 Å². The molecule has 0 aliphatic carbocycles. The summed E-state index contributed by atoms with van der Waals surface area (Å²) >= 11 is 0. The van der Waals surface area contributed by atoms with E-state index in [4.69, 9.17) is 0 Å². The van der Waals surface area contributed by atoms with Crippen molar-refractivity contribution >= 4 is 0 Å². The van der Waals surface area contributed by atoms with E-state index in [1.54, 1.807) is 0 Å². The Morgan fingerprint density at radius 1 is 0.133 bits per heavy atom. The van der Waals surface area contributed by atoms with Crippen molar-refractivity contribution in [3.63, 3.8) is 0 Å². The quantitative estimate of drug-likeness (QED) is 0.133. The van der Waals surface area contributed by atoms with E-state index in [9.17, 15) is 0 Å². The molecule has 0 spiro atoms. The molecule has 0 aromatic rings. The first-order valence-corrected chi connectivity index (χ1v) is 46.6. The minimum atomic E-state index is 0.742. The Kier molecular flexibility index (Phi) is 54.0. The van der Waals surface area contributed by atoms with Gasteiger partial charge in [-0.1, -0.05) is 125 Å². The van der Waals surface area contributed by atoms with Crippen LogP contribution in [0.4, 0.5) is 0 Å². The summed E-state index contributed by atoms with van der Waals surface area (Å²) in [6, 6.07) is 6.72. The van der Waals surface area contributed by atoms with Gasteiger partial charge in [0.05, 0.1) is 0 Å². The number of nitrogens with zero attached hydrogens (tertiary/aromatic N) is 9. The van der Waals surface area contributed by atoms with E-state index in [-0.39, 0.29) is 0 Å². The molecule has 0 aromatic heterocycles. The predicted octanol–water partition coefficient (Wildman–Crippen LogP) is 23.7. The highest BCUT2D eigenvalue weighted by atomic mass is 15.2. The molecule has 0 bridgehead atoms. The molecule has 6 atom stereocenters. The maximum atomic E-state index is 2.62. The lowest BCUT2D eigenvalue weighted by Crippen LogP contribution is -2.41. The van der Waals surface area contributed by atoms with Gasteiger partial charge in [0.15, 0.2) is 0 Å². The third-order valence-corrected chi connectivity index (χ3v) is 28.0. The van der Waals surface area contributed by atoms with Crippen molar-refractivity contribution in [3.8, 4) is 0 Å². The SMILES string of the molecule is CC(C)C1CCCN(C(C)C)C1.CC(C)C1CCN(C(C)C)C1.CC(C)C1CCN(C(C)C)CC1.CC(C)C1CCN(C(C)C)CC1.CC(C)C1CCN(C(C)C)CC1.CC(C)[C@@H]1CCCN(C(C)C)C1.CC(C)[C@@H]1CCN(C(C)C)C1.CC(C)[C@H]1CCCN(C(C)C)C1.CC(C)[C@H]1CCN(C(C)C)C1. The Balaban J connectivity index is 0.000000591. The third kappa shape index (κ3) is 42.5. The fourth-order valence-corrected chi connectivity index (χ4v) is 18.0. The van der Waals surface area contributed by atoms with Crippen molar-refractivity contribution < 1.29 is 0 Å². The van der Waals surface area contributed by atoms with Crippen LogP contribution in [0, 0.1) is 107 Å². The van der Waals surface area contributed by atoms with Gasteiger partial charge >= 0.3 is 0 Å². The van der Waals surface area contributed by atoms with Crippen molar-refractivity contribution in [2.75, 3.05) is 118 Å². The van der Waals surface area contributed by atoms with Crippen LogP contribution in [-0.4, -0.2) is 216 Å². The summed E-state index contributed by atoms with van der Waals surface area (Å²) in [7, 11) is 0. The van der Waals surface area contributed by atoms with Crippen LogP contribution < -0.4 is 0 Å². The van der Waals surface area contributed by atoms with Gasteiger partial charge < -0.3 is 44.1 Å². The van der Waals surface area contributed by atoms with Crippen LogP contribution in [0.3, 0.4) is 0 Å². The molecule has 9 aliphatic heterocycles. The number of likely N-dealkylation sites (tertiary alicyclic amines) is 9. The lowest BCUT2D eigenvalue weighted by atomic mass is 9.86. The molecule has 9 rings (SSSR count). The molecule has 9 nitrogen and oxygen atoms in total. The van der Waals surface area contributed by atoms with Gasteiger partial charge in [-0.3, -0.25) is 0 Å². The molecule has 9 aliphatic rings. The number of piperidine rings is 6. The molecule has 630 valence electrons. The summed E-state index contributed by atoms with van der Waals surface area (Å²) in [5.41, 5.74) is 0. The maximum absolute atomic E-state index is 2.62. The summed E-state index contributed by atoms with van der Waals surface area (Å²) in [5.74, 6) is 16.6. The zero-order valence-electron chi connectivity index (χ0n) is 78.9. The third-order valence-electron chi connectivity index (χ3n) is 28.0. The van der Waals surface area contributed by atoms with E-state index >= 15 is 0 Å². The van der Waals surface area contributed by atoms with Gasteiger partial charge in [0.2, 0.25) is 0 Å². The lowest BCUT2D eigenvalue weighted by molar-refractivity contribution is 0.117. The molecule has 0 amide bonds. The normalized spacial score (nSPS) is 25.5. The predicted molar refractivity (Wildman–Crippen MR) is 475 cm³/mol. The fraction of sp³-hybridized carbons (Fsp3) is 1.00. The molecular formula is C96H201N9. The lowest BCUT2D eigenvalue weighted by Gasteiger charge is -2.37. The first-order chi connectivity index (χ1) is 49.0. The monoisotopic (exact) mass is 1480 g/mol. The molecule has 9 saturated heterocycles. The molecule has 0 N–H and O–H groups in total. The minimum Gasteiger partial charge on any atom is -0.301 e. The Morgan fingerprint density at radius 2 is 0.248 bits per heavy atom. The maximum Gasteiger partial charge on any atom is 0.00387 e. The number of hydrogen-bond acceptors (Lipinski definition) is 9. The summed E-state index contributed by atoms with van der Waals surface area (Å²) in [6.07, 6.45) is 21.3. The number of rotatable bonds is 18. The molecule has 0 aromatic carbocycles. The highest BCUT2D eigenvalue weighted by molar-refractivity contribution is 4.85. The smallest absolute Gasteiger partial charge is 0.00387 e. The molecule has 0 radical (unpaired) electrons. The van der Waals surface area contributed by atoms with Crippen molar-refractivity contribution in [1.29, 1.82) is 0 Å². The van der Waals surface area contributed by atoms with Gasteiger partial charge in [0, 0.05) is 93.6 Å². The second-order valence-electron chi connectivity index (χ2n) is 41.5. The molecule has 0 saturated carbocycles. The van der Waals surface area contributed by atoms with Crippen LogP contribution in [0.5, 0.6) is 0 Å². The molecule has 9 heterocycles. The second-order valence-corrected chi connectivity index (χ2v) is 41.5. The van der Waals surface area contributed by atoms with Crippen LogP contribution in [0.2, 0.25) is 0 Å². The summed E-state index contributed by atoms with van der Waals surface area (Å²) < 4.78 is 0. The molecule has 105 heavy (non-hydrogen) atoms. The second kappa shape index (κ2) is 55.2. The summed E-state index contributed by atoms with van der Waals surface area (Å²) in [5, 5.41) is 0. The Bertz CT molecular complexity index is 1640. The van der Waals surface area contributed by atoms with Gasteiger partial charge in [-0.25, -0.2) is 0 Å². The Hall–Kier alpha value is -0.360. The summed E-state index contributed by atoms with van der Waals surface area (Å²) in [4.78, 5) is 23.4. The fourth-order valence-electron chi connectivity index (χ4n) is 18.0. The van der Waals surface area contributed by atoms with E-state index in [1.807, 2.05) is 0 Å². The minimum absolute atomic E-state index is 0.742. The number of hydrogen-bond donors (Lipinski definition) is 0. The highest BCUT2D eigenvalue weighted by Gasteiger charge is 2.32. The average molecular weight is 1480 g/mol. The van der Waals surface area contributed by atoms with E-state index in [1.165, 1.54) is 214 Å². The van der Waals surface area contributed by atoms with E-state index < -0.39 is 0 Å². The largest absolute Gasteiger partial charge is 0.301 e. The van der Waals surface area contributed by atoms with Crippen molar-refractivity contribution in [2.24, 2.45) is 107 Å². The van der Waals surface area contributed by atoms with E-state index in [0.717, 1.165) is 161 Å². The van der Waals surface area contributed by atoms with Crippen molar-refractivity contribution in [3.05, 3.63) is 0 Å². The highest BCUT2D eigenvalue weighted by Crippen LogP contribution is 2.32. The van der Waals surface area contributed by atoms with E-state index in [2.05, 4.69) is 293 Å². The average Bonchev–Trinajstić information content (AvgIpc) is 1.71. The molecule has 2 unspecified atom stereocenters. The van der Waals surface area contributed by atoms with Crippen LogP contribution in [-0.2, 0) is 0 Å². The standard InChI is InChI=1S/6C11H23N.3C10H21N/c3*1-9(2)11-5-7-12(8-6-11)10(3)4;3*1-9(2)11-6-5-7-12(8-11)10(3)4;3*1-8(2)10-5-6-11(7-10)9(3)4/h6*9-11H,5-8H2,1-4H3;3*8-10H,5-7H2,1-4H3/t;;;2*11-;;2*10-;/m...10.10./s1. The van der Waals surface area contributed by atoms with E-state index in [0.29, 0.717) is 0 Å². The Labute approximate surface area is 664 Å². The van der Waals surface area contributed by atoms with Crippen molar-refractivity contribution in [2.45, 2.75) is 400 Å². The molecular weight excluding hydrogens is 1280 g/mol. The molecule has 9 heteroatoms. The zero-order chi connectivity index (χ0) is 80.1.